The van der Waals surface area contributed by atoms with Gasteiger partial charge in [0.05, 0.1) is 11.4 Å². The summed E-state index contributed by atoms with van der Waals surface area (Å²) in [5.74, 6) is 0. The lowest BCUT2D eigenvalue weighted by Gasteiger charge is -2.09. The second-order valence-electron chi connectivity index (χ2n) is 3.87. The van der Waals surface area contributed by atoms with E-state index in [1.165, 1.54) is 11.1 Å². The number of aromatic nitrogens is 2. The Morgan fingerprint density at radius 1 is 1.12 bits per heavy atom. The summed E-state index contributed by atoms with van der Waals surface area (Å²) in [5.41, 5.74) is 10.9. The first kappa shape index (κ1) is 10.8. The van der Waals surface area contributed by atoms with Crippen molar-refractivity contribution < 1.29 is 0 Å². The number of rotatable bonds is 2. The van der Waals surface area contributed by atoms with Gasteiger partial charge in [-0.2, -0.15) is 0 Å². The zero-order valence-electron chi connectivity index (χ0n) is 9.57. The molecule has 1 heterocycles. The summed E-state index contributed by atoms with van der Waals surface area (Å²) in [5, 5.41) is 0. The number of aryl methyl sites for hydroxylation is 2. The fourth-order valence-electron chi connectivity index (χ4n) is 1.73. The largest absolute Gasteiger partial charge is 0.325 e. The van der Waals surface area contributed by atoms with Crippen molar-refractivity contribution in [3.05, 3.63) is 47.4 Å². The van der Waals surface area contributed by atoms with Gasteiger partial charge in [-0.05, 0) is 25.5 Å². The highest BCUT2D eigenvalue weighted by Gasteiger charge is 2.08. The van der Waals surface area contributed by atoms with Crippen LogP contribution in [0.4, 0.5) is 0 Å². The van der Waals surface area contributed by atoms with Crippen LogP contribution in [0, 0.1) is 13.8 Å². The van der Waals surface area contributed by atoms with Crippen LogP contribution in [0.5, 0.6) is 0 Å². The topological polar surface area (TPSA) is 51.8 Å². The molecule has 0 spiro atoms. The Morgan fingerprint density at radius 3 is 2.62 bits per heavy atom. The Bertz CT molecular complexity index is 506. The summed E-state index contributed by atoms with van der Waals surface area (Å²) in [6.07, 6.45) is 3.38. The molecule has 3 heteroatoms. The Labute approximate surface area is 95.4 Å². The molecule has 0 saturated carbocycles. The lowest BCUT2D eigenvalue weighted by atomic mass is 10.0. The molecule has 0 radical (unpaired) electrons. The van der Waals surface area contributed by atoms with Crippen molar-refractivity contribution in [1.82, 2.24) is 9.97 Å². The molecule has 0 saturated heterocycles. The minimum atomic E-state index is 0.413. The minimum Gasteiger partial charge on any atom is -0.325 e. The lowest BCUT2D eigenvalue weighted by Crippen LogP contribution is -2.04. The molecule has 0 fully saturated rings. The van der Waals surface area contributed by atoms with Crippen LogP contribution in [-0.2, 0) is 6.54 Å². The predicted octanol–water partition coefficient (Wildman–Crippen LogP) is 2.22. The molecule has 2 N–H and O–H groups in total. The van der Waals surface area contributed by atoms with E-state index in [4.69, 9.17) is 5.73 Å². The first-order valence-electron chi connectivity index (χ1n) is 5.30. The summed E-state index contributed by atoms with van der Waals surface area (Å²) in [7, 11) is 0. The van der Waals surface area contributed by atoms with Crippen molar-refractivity contribution in [2.45, 2.75) is 20.4 Å². The number of hydrogen-bond acceptors (Lipinski definition) is 3. The Hall–Kier alpha value is -1.74. The zero-order chi connectivity index (χ0) is 11.5. The molecule has 3 nitrogen and oxygen atoms in total. The molecular formula is C13H15N3. The maximum atomic E-state index is 5.67. The van der Waals surface area contributed by atoms with Crippen LogP contribution < -0.4 is 5.73 Å². The molecule has 82 valence electrons. The maximum absolute atomic E-state index is 5.67. The van der Waals surface area contributed by atoms with Crippen molar-refractivity contribution in [3.8, 4) is 11.3 Å². The molecule has 0 aliphatic heterocycles. The van der Waals surface area contributed by atoms with E-state index >= 15 is 0 Å². The highest BCUT2D eigenvalue weighted by Crippen LogP contribution is 2.24. The second kappa shape index (κ2) is 4.41. The summed E-state index contributed by atoms with van der Waals surface area (Å²) < 4.78 is 0. The number of benzene rings is 1. The van der Waals surface area contributed by atoms with Crippen LogP contribution in [0.25, 0.3) is 11.3 Å². The van der Waals surface area contributed by atoms with Gasteiger partial charge in [0.25, 0.3) is 0 Å². The first-order chi connectivity index (χ1) is 7.72. The van der Waals surface area contributed by atoms with Gasteiger partial charge >= 0.3 is 0 Å². The number of hydrogen-bond donors (Lipinski definition) is 1. The average molecular weight is 213 g/mol. The van der Waals surface area contributed by atoms with Gasteiger partial charge in [-0.1, -0.05) is 17.7 Å². The Kier molecular flexibility index (Phi) is 2.97. The highest BCUT2D eigenvalue weighted by atomic mass is 14.8. The third kappa shape index (κ3) is 1.95. The summed E-state index contributed by atoms with van der Waals surface area (Å²) in [4.78, 5) is 8.64. The molecule has 0 aliphatic rings. The molecule has 0 atom stereocenters. The quantitative estimate of drug-likeness (QED) is 0.832. The fourth-order valence-corrected chi connectivity index (χ4v) is 1.73. The van der Waals surface area contributed by atoms with Crippen LogP contribution in [0.3, 0.4) is 0 Å². The van der Waals surface area contributed by atoms with Crippen molar-refractivity contribution >= 4 is 0 Å². The van der Waals surface area contributed by atoms with Crippen molar-refractivity contribution in [1.29, 1.82) is 0 Å². The molecule has 1 aromatic heterocycles. The van der Waals surface area contributed by atoms with E-state index < -0.39 is 0 Å². The van der Waals surface area contributed by atoms with Crippen molar-refractivity contribution in [2.75, 3.05) is 0 Å². The Balaban J connectivity index is 2.62. The van der Waals surface area contributed by atoms with Crippen LogP contribution in [-0.4, -0.2) is 9.97 Å². The van der Waals surface area contributed by atoms with Gasteiger partial charge in [0.1, 0.15) is 0 Å². The van der Waals surface area contributed by atoms with Crippen LogP contribution in [0.2, 0.25) is 0 Å². The van der Waals surface area contributed by atoms with Crippen LogP contribution in [0.1, 0.15) is 16.8 Å². The van der Waals surface area contributed by atoms with Crippen molar-refractivity contribution in [3.63, 3.8) is 0 Å². The third-order valence-electron chi connectivity index (χ3n) is 2.62. The molecule has 1 aromatic carbocycles. The van der Waals surface area contributed by atoms with E-state index in [-0.39, 0.29) is 0 Å². The van der Waals surface area contributed by atoms with Gasteiger partial charge in [-0.15, -0.1) is 0 Å². The predicted molar refractivity (Wildman–Crippen MR) is 64.8 cm³/mol. The maximum Gasteiger partial charge on any atom is 0.0933 e. The van der Waals surface area contributed by atoms with E-state index in [0.29, 0.717) is 6.54 Å². The average Bonchev–Trinajstić information content (AvgIpc) is 2.32. The Morgan fingerprint density at radius 2 is 1.88 bits per heavy atom. The molecule has 2 aromatic rings. The standard InChI is InChI=1S/C13H15N3/c1-9-3-4-10(2)11(7-9)13-12(8-14)15-5-6-16-13/h3-7H,8,14H2,1-2H3. The third-order valence-corrected chi connectivity index (χ3v) is 2.62. The summed E-state index contributed by atoms with van der Waals surface area (Å²) >= 11 is 0. The van der Waals surface area contributed by atoms with Gasteiger partial charge < -0.3 is 5.73 Å². The monoisotopic (exact) mass is 213 g/mol. The molecule has 2 rings (SSSR count). The van der Waals surface area contributed by atoms with E-state index in [2.05, 4.69) is 42.0 Å². The van der Waals surface area contributed by atoms with Crippen LogP contribution >= 0.6 is 0 Å². The normalized spacial score (nSPS) is 10.4. The van der Waals surface area contributed by atoms with Gasteiger partial charge in [-0.3, -0.25) is 9.97 Å². The number of nitrogens with two attached hydrogens (primary N) is 1. The first-order valence-corrected chi connectivity index (χ1v) is 5.30. The molecule has 0 bridgehead atoms. The highest BCUT2D eigenvalue weighted by molar-refractivity contribution is 5.66. The fraction of sp³-hybridized carbons (Fsp3) is 0.231. The van der Waals surface area contributed by atoms with Crippen molar-refractivity contribution in [2.24, 2.45) is 5.73 Å². The minimum absolute atomic E-state index is 0.413. The zero-order valence-corrected chi connectivity index (χ0v) is 9.57. The van der Waals surface area contributed by atoms with E-state index in [9.17, 15) is 0 Å². The molecular weight excluding hydrogens is 198 g/mol. The second-order valence-corrected chi connectivity index (χ2v) is 3.87. The molecule has 0 aliphatic carbocycles. The van der Waals surface area contributed by atoms with Crippen LogP contribution in [0.15, 0.2) is 30.6 Å². The molecule has 0 unspecified atom stereocenters. The smallest absolute Gasteiger partial charge is 0.0933 e. The van der Waals surface area contributed by atoms with Gasteiger partial charge in [-0.25, -0.2) is 0 Å². The summed E-state index contributed by atoms with van der Waals surface area (Å²) in [6.45, 7) is 4.56. The SMILES string of the molecule is Cc1ccc(C)c(-c2nccnc2CN)c1. The molecule has 0 amide bonds. The number of nitrogens with zero attached hydrogens (tertiary/aromatic N) is 2. The summed E-state index contributed by atoms with van der Waals surface area (Å²) in [6, 6.07) is 6.31. The van der Waals surface area contributed by atoms with E-state index in [1.807, 2.05) is 0 Å². The van der Waals surface area contributed by atoms with E-state index in [1.54, 1.807) is 12.4 Å². The molecule has 16 heavy (non-hydrogen) atoms. The van der Waals surface area contributed by atoms with E-state index in [0.717, 1.165) is 17.0 Å². The van der Waals surface area contributed by atoms with Gasteiger partial charge in [0, 0.05) is 24.5 Å². The lowest BCUT2D eigenvalue weighted by molar-refractivity contribution is 0.968. The van der Waals surface area contributed by atoms with Gasteiger partial charge in [0.2, 0.25) is 0 Å². The van der Waals surface area contributed by atoms with Gasteiger partial charge in [0.15, 0.2) is 0 Å².